The summed E-state index contributed by atoms with van der Waals surface area (Å²) < 4.78 is 23.1. The highest BCUT2D eigenvalue weighted by atomic mass is 32.2. The lowest BCUT2D eigenvalue weighted by atomic mass is 10.3. The number of aromatic amines is 1. The number of rotatable bonds is 3. The van der Waals surface area contributed by atoms with Gasteiger partial charge in [0.2, 0.25) is 0 Å². The van der Waals surface area contributed by atoms with E-state index in [2.05, 4.69) is 20.7 Å². The van der Waals surface area contributed by atoms with Gasteiger partial charge < -0.3 is 5.32 Å². The van der Waals surface area contributed by atoms with Crippen molar-refractivity contribution in [2.45, 2.75) is 4.90 Å². The van der Waals surface area contributed by atoms with E-state index in [1.165, 1.54) is 18.3 Å². The summed E-state index contributed by atoms with van der Waals surface area (Å²) in [5, 5.41) is 11.9. The van der Waals surface area contributed by atoms with Gasteiger partial charge in [0.25, 0.3) is 5.91 Å². The Morgan fingerprint density at radius 1 is 1.33 bits per heavy atom. The van der Waals surface area contributed by atoms with Crippen molar-refractivity contribution in [3.05, 3.63) is 36.2 Å². The molecular formula is C10H10N4O3S. The van der Waals surface area contributed by atoms with Crippen molar-refractivity contribution < 1.29 is 13.2 Å². The van der Waals surface area contributed by atoms with Crippen LogP contribution >= 0.6 is 0 Å². The van der Waals surface area contributed by atoms with E-state index in [9.17, 15) is 13.2 Å². The number of hydrogen-bond donors (Lipinski definition) is 2. The van der Waals surface area contributed by atoms with Crippen LogP contribution in [0.5, 0.6) is 0 Å². The Morgan fingerprint density at radius 3 is 2.67 bits per heavy atom. The number of anilines is 1. The van der Waals surface area contributed by atoms with Gasteiger partial charge in [-0.2, -0.15) is 15.4 Å². The average molecular weight is 266 g/mol. The lowest BCUT2D eigenvalue weighted by Gasteiger charge is -2.07. The summed E-state index contributed by atoms with van der Waals surface area (Å²) in [5.74, 6) is -0.528. The Hall–Kier alpha value is -2.22. The van der Waals surface area contributed by atoms with Crippen molar-refractivity contribution in [1.29, 1.82) is 0 Å². The number of hydrogen-bond acceptors (Lipinski definition) is 5. The number of para-hydroxylation sites is 1. The Balaban J connectivity index is 2.33. The first kappa shape index (κ1) is 12.2. The third-order valence-electron chi connectivity index (χ3n) is 2.18. The number of nitrogens with one attached hydrogen (secondary N) is 2. The Labute approximate surface area is 103 Å². The molecule has 0 bridgehead atoms. The zero-order chi connectivity index (χ0) is 13.2. The van der Waals surface area contributed by atoms with Crippen LogP contribution in [-0.4, -0.2) is 36.0 Å². The smallest absolute Gasteiger partial charge is 0.277 e. The van der Waals surface area contributed by atoms with Crippen LogP contribution in [0, 0.1) is 0 Å². The van der Waals surface area contributed by atoms with Gasteiger partial charge in [-0.3, -0.25) is 4.79 Å². The fourth-order valence-electron chi connectivity index (χ4n) is 1.39. The van der Waals surface area contributed by atoms with Crippen LogP contribution < -0.4 is 5.32 Å². The molecule has 0 radical (unpaired) electrons. The molecule has 0 aliphatic rings. The summed E-state index contributed by atoms with van der Waals surface area (Å²) in [6, 6.07) is 6.15. The zero-order valence-electron chi connectivity index (χ0n) is 9.41. The van der Waals surface area contributed by atoms with E-state index in [0.29, 0.717) is 0 Å². The molecule has 0 saturated heterocycles. The van der Waals surface area contributed by atoms with Crippen LogP contribution in [0.4, 0.5) is 5.69 Å². The first-order valence-corrected chi connectivity index (χ1v) is 6.84. The number of carbonyl (C=O) groups excluding carboxylic acids is 1. The maximum atomic E-state index is 11.7. The summed E-state index contributed by atoms with van der Waals surface area (Å²) in [5.41, 5.74) is 0.298. The molecule has 7 nitrogen and oxygen atoms in total. The van der Waals surface area contributed by atoms with Gasteiger partial charge in [-0.1, -0.05) is 12.1 Å². The highest BCUT2D eigenvalue weighted by molar-refractivity contribution is 7.90. The van der Waals surface area contributed by atoms with E-state index in [1.54, 1.807) is 12.1 Å². The van der Waals surface area contributed by atoms with E-state index in [1.807, 2.05) is 0 Å². The molecule has 2 N–H and O–H groups in total. The molecule has 0 aliphatic carbocycles. The lowest BCUT2D eigenvalue weighted by Crippen LogP contribution is -2.14. The second-order valence-corrected chi connectivity index (χ2v) is 5.56. The molecule has 18 heavy (non-hydrogen) atoms. The molecule has 1 heterocycles. The SMILES string of the molecule is CS(=O)(=O)c1ccccc1NC(=O)c1cn[nH]n1. The maximum absolute atomic E-state index is 11.7. The van der Waals surface area contributed by atoms with Crippen LogP contribution in [0.3, 0.4) is 0 Å². The quantitative estimate of drug-likeness (QED) is 0.839. The normalized spacial score (nSPS) is 11.2. The number of benzene rings is 1. The molecule has 2 rings (SSSR count). The average Bonchev–Trinajstić information content (AvgIpc) is 2.81. The van der Waals surface area contributed by atoms with Crippen molar-refractivity contribution in [2.24, 2.45) is 0 Å². The van der Waals surface area contributed by atoms with E-state index in [4.69, 9.17) is 0 Å². The van der Waals surface area contributed by atoms with Gasteiger partial charge in [-0.25, -0.2) is 8.42 Å². The van der Waals surface area contributed by atoms with Crippen LogP contribution in [0.25, 0.3) is 0 Å². The van der Waals surface area contributed by atoms with Crippen molar-refractivity contribution in [1.82, 2.24) is 15.4 Å². The highest BCUT2D eigenvalue weighted by Crippen LogP contribution is 2.20. The van der Waals surface area contributed by atoms with Gasteiger partial charge >= 0.3 is 0 Å². The second kappa shape index (κ2) is 4.57. The number of carbonyl (C=O) groups is 1. The molecule has 0 saturated carbocycles. The number of nitrogens with zero attached hydrogens (tertiary/aromatic N) is 2. The molecule has 0 atom stereocenters. The van der Waals surface area contributed by atoms with Crippen molar-refractivity contribution >= 4 is 21.4 Å². The van der Waals surface area contributed by atoms with Gasteiger partial charge in [0, 0.05) is 6.26 Å². The second-order valence-electron chi connectivity index (χ2n) is 3.58. The minimum atomic E-state index is -3.41. The first-order chi connectivity index (χ1) is 8.48. The van der Waals surface area contributed by atoms with Gasteiger partial charge in [0.15, 0.2) is 15.5 Å². The number of amides is 1. The predicted molar refractivity (Wildman–Crippen MR) is 63.9 cm³/mol. The largest absolute Gasteiger partial charge is 0.319 e. The first-order valence-electron chi connectivity index (χ1n) is 4.94. The van der Waals surface area contributed by atoms with Crippen molar-refractivity contribution in [3.63, 3.8) is 0 Å². The summed E-state index contributed by atoms with van der Waals surface area (Å²) in [6.07, 6.45) is 2.33. The number of sulfone groups is 1. The van der Waals surface area contributed by atoms with E-state index in [0.717, 1.165) is 6.26 Å². The Morgan fingerprint density at radius 2 is 2.06 bits per heavy atom. The van der Waals surface area contributed by atoms with Gasteiger partial charge in [0.05, 0.1) is 16.8 Å². The molecular weight excluding hydrogens is 256 g/mol. The number of aromatic nitrogens is 3. The molecule has 8 heteroatoms. The summed E-state index contributed by atoms with van der Waals surface area (Å²) >= 11 is 0. The minimum absolute atomic E-state index is 0.0573. The van der Waals surface area contributed by atoms with Crippen LogP contribution in [0.15, 0.2) is 35.4 Å². The highest BCUT2D eigenvalue weighted by Gasteiger charge is 2.16. The van der Waals surface area contributed by atoms with Gasteiger partial charge in [-0.05, 0) is 12.1 Å². The van der Waals surface area contributed by atoms with Gasteiger partial charge in [-0.15, -0.1) is 0 Å². The third-order valence-corrected chi connectivity index (χ3v) is 3.34. The molecule has 0 fully saturated rings. The topological polar surface area (TPSA) is 105 Å². The fourth-order valence-corrected chi connectivity index (χ4v) is 2.23. The molecule has 94 valence electrons. The molecule has 0 aliphatic heterocycles. The minimum Gasteiger partial charge on any atom is -0.319 e. The third kappa shape index (κ3) is 2.54. The fraction of sp³-hybridized carbons (Fsp3) is 0.100. The Bertz CT molecular complexity index is 664. The predicted octanol–water partition coefficient (Wildman–Crippen LogP) is 0.461. The standard InChI is InChI=1S/C10H10N4O3S/c1-18(16,17)9-5-3-2-4-7(9)12-10(15)8-6-11-14-13-8/h2-6H,1H3,(H,12,15)(H,11,13,14). The molecule has 2 aromatic rings. The molecule has 1 amide bonds. The van der Waals surface area contributed by atoms with Crippen LogP contribution in [0.1, 0.15) is 10.5 Å². The van der Waals surface area contributed by atoms with Crippen LogP contribution in [0.2, 0.25) is 0 Å². The monoisotopic (exact) mass is 266 g/mol. The van der Waals surface area contributed by atoms with Crippen molar-refractivity contribution in [3.8, 4) is 0 Å². The van der Waals surface area contributed by atoms with Gasteiger partial charge in [0.1, 0.15) is 0 Å². The molecule has 1 aromatic heterocycles. The summed E-state index contributed by atoms with van der Waals surface area (Å²) in [4.78, 5) is 11.8. The molecule has 1 aromatic carbocycles. The van der Waals surface area contributed by atoms with Crippen LogP contribution in [-0.2, 0) is 9.84 Å². The summed E-state index contributed by atoms with van der Waals surface area (Å²) in [7, 11) is -3.41. The zero-order valence-corrected chi connectivity index (χ0v) is 10.2. The van der Waals surface area contributed by atoms with E-state index < -0.39 is 15.7 Å². The molecule has 0 spiro atoms. The maximum Gasteiger partial charge on any atom is 0.277 e. The molecule has 0 unspecified atom stereocenters. The van der Waals surface area contributed by atoms with E-state index >= 15 is 0 Å². The summed E-state index contributed by atoms with van der Waals surface area (Å²) in [6.45, 7) is 0. The van der Waals surface area contributed by atoms with E-state index in [-0.39, 0.29) is 16.3 Å². The number of H-pyrrole nitrogens is 1. The van der Waals surface area contributed by atoms with Crippen molar-refractivity contribution in [2.75, 3.05) is 11.6 Å². The Kier molecular flexibility index (Phi) is 3.11. The lowest BCUT2D eigenvalue weighted by molar-refractivity contribution is 0.102.